The molecule has 0 aliphatic rings. The smallest absolute Gasteiger partial charge is 0.171 e. The minimum absolute atomic E-state index is 0.612. The highest BCUT2D eigenvalue weighted by Gasteiger charge is 2.04. The number of nitrogen functional groups attached to an aromatic ring is 1. The Labute approximate surface area is 99.0 Å². The Bertz CT molecular complexity index is 492. The van der Waals surface area contributed by atoms with Crippen molar-refractivity contribution in [1.29, 1.82) is 0 Å². The van der Waals surface area contributed by atoms with E-state index < -0.39 is 0 Å². The Kier molecular flexibility index (Phi) is 3.01. The van der Waals surface area contributed by atoms with Crippen molar-refractivity contribution in [2.45, 2.75) is 6.54 Å². The minimum Gasteiger partial charge on any atom is -0.394 e. The second-order valence-corrected chi connectivity index (χ2v) is 3.96. The molecule has 4 nitrogen and oxygen atoms in total. The summed E-state index contributed by atoms with van der Waals surface area (Å²) in [5.41, 5.74) is 7.42. The highest BCUT2D eigenvalue weighted by molar-refractivity contribution is 6.31. The number of anilines is 2. The molecule has 0 radical (unpaired) electrons. The number of aromatic nitrogens is 2. The quantitative estimate of drug-likeness (QED) is 0.860. The zero-order chi connectivity index (χ0) is 11.5. The first kappa shape index (κ1) is 10.8. The molecule has 0 aliphatic heterocycles. The molecule has 2 rings (SSSR count). The number of benzene rings is 1. The zero-order valence-electron chi connectivity index (χ0n) is 8.94. The van der Waals surface area contributed by atoms with Crippen molar-refractivity contribution in [2.24, 2.45) is 7.05 Å². The molecule has 0 amide bonds. The monoisotopic (exact) mass is 236 g/mol. The van der Waals surface area contributed by atoms with Crippen LogP contribution in [0.4, 0.5) is 11.5 Å². The summed E-state index contributed by atoms with van der Waals surface area (Å²) >= 11 is 6.04. The second kappa shape index (κ2) is 4.45. The number of halogens is 1. The maximum atomic E-state index is 6.04. The summed E-state index contributed by atoms with van der Waals surface area (Å²) in [6, 6.07) is 7.68. The summed E-state index contributed by atoms with van der Waals surface area (Å²) < 4.78 is 1.67. The lowest BCUT2D eigenvalue weighted by Gasteiger charge is -2.05. The van der Waals surface area contributed by atoms with Gasteiger partial charge in [-0.05, 0) is 11.6 Å². The van der Waals surface area contributed by atoms with Gasteiger partial charge in [0.25, 0.3) is 0 Å². The first-order valence-corrected chi connectivity index (χ1v) is 5.31. The standard InChI is InChI=1S/C11H13ClN4/c1-16-7-10(13)11(15-16)14-6-8-4-2-3-5-9(8)12/h2-5,7H,6,13H2,1H3,(H,14,15). The average Bonchev–Trinajstić information content (AvgIpc) is 2.56. The molecule has 0 fully saturated rings. The first-order valence-electron chi connectivity index (χ1n) is 4.93. The Morgan fingerprint density at radius 1 is 1.44 bits per heavy atom. The zero-order valence-corrected chi connectivity index (χ0v) is 9.70. The molecule has 0 spiro atoms. The number of hydrogen-bond acceptors (Lipinski definition) is 3. The molecule has 5 heteroatoms. The van der Waals surface area contributed by atoms with E-state index in [9.17, 15) is 0 Å². The van der Waals surface area contributed by atoms with Gasteiger partial charge in [-0.15, -0.1) is 0 Å². The number of hydrogen-bond donors (Lipinski definition) is 2. The normalized spacial score (nSPS) is 10.4. The van der Waals surface area contributed by atoms with E-state index in [-0.39, 0.29) is 0 Å². The predicted octanol–water partition coefficient (Wildman–Crippen LogP) is 2.27. The lowest BCUT2D eigenvalue weighted by molar-refractivity contribution is 0.768. The molecule has 2 aromatic rings. The summed E-state index contributed by atoms with van der Waals surface area (Å²) in [4.78, 5) is 0. The summed E-state index contributed by atoms with van der Waals surface area (Å²) in [6.07, 6.45) is 1.76. The Morgan fingerprint density at radius 3 is 2.81 bits per heavy atom. The third-order valence-corrected chi connectivity index (χ3v) is 2.63. The van der Waals surface area contributed by atoms with Crippen molar-refractivity contribution in [3.63, 3.8) is 0 Å². The number of nitrogens with two attached hydrogens (primary N) is 1. The molecule has 3 N–H and O–H groups in total. The maximum Gasteiger partial charge on any atom is 0.171 e. The van der Waals surface area contributed by atoms with Crippen molar-refractivity contribution in [3.8, 4) is 0 Å². The molecule has 0 aliphatic carbocycles. The number of aryl methyl sites for hydroxylation is 1. The molecule has 0 atom stereocenters. The van der Waals surface area contributed by atoms with Gasteiger partial charge in [-0.3, -0.25) is 4.68 Å². The van der Waals surface area contributed by atoms with Gasteiger partial charge in [-0.1, -0.05) is 29.8 Å². The second-order valence-electron chi connectivity index (χ2n) is 3.55. The van der Waals surface area contributed by atoms with Gasteiger partial charge in [0.1, 0.15) is 0 Å². The topological polar surface area (TPSA) is 55.9 Å². The number of nitrogens with zero attached hydrogens (tertiary/aromatic N) is 2. The highest BCUT2D eigenvalue weighted by atomic mass is 35.5. The summed E-state index contributed by atoms with van der Waals surface area (Å²) in [6.45, 7) is 0.612. The van der Waals surface area contributed by atoms with Crippen molar-refractivity contribution in [1.82, 2.24) is 9.78 Å². The van der Waals surface area contributed by atoms with Gasteiger partial charge in [0, 0.05) is 24.8 Å². The van der Waals surface area contributed by atoms with Crippen LogP contribution in [0.3, 0.4) is 0 Å². The van der Waals surface area contributed by atoms with Gasteiger partial charge in [0.2, 0.25) is 0 Å². The van der Waals surface area contributed by atoms with Crippen LogP contribution >= 0.6 is 11.6 Å². The van der Waals surface area contributed by atoms with Gasteiger partial charge in [-0.2, -0.15) is 5.10 Å². The third-order valence-electron chi connectivity index (χ3n) is 2.26. The van der Waals surface area contributed by atoms with Gasteiger partial charge in [0.05, 0.1) is 5.69 Å². The van der Waals surface area contributed by atoms with E-state index in [0.717, 1.165) is 10.6 Å². The van der Waals surface area contributed by atoms with Gasteiger partial charge in [-0.25, -0.2) is 0 Å². The van der Waals surface area contributed by atoms with Crippen molar-refractivity contribution < 1.29 is 0 Å². The Morgan fingerprint density at radius 2 is 2.19 bits per heavy atom. The molecule has 84 valence electrons. The van der Waals surface area contributed by atoms with Crippen molar-refractivity contribution >= 4 is 23.1 Å². The highest BCUT2D eigenvalue weighted by Crippen LogP contribution is 2.19. The van der Waals surface area contributed by atoms with Crippen LogP contribution in [0, 0.1) is 0 Å². The molecule has 0 saturated carbocycles. The van der Waals surface area contributed by atoms with E-state index >= 15 is 0 Å². The van der Waals surface area contributed by atoms with Crippen LogP contribution in [0.1, 0.15) is 5.56 Å². The van der Waals surface area contributed by atoms with E-state index in [2.05, 4.69) is 10.4 Å². The lowest BCUT2D eigenvalue weighted by Crippen LogP contribution is -2.02. The van der Waals surface area contributed by atoms with E-state index in [1.807, 2.05) is 31.3 Å². The van der Waals surface area contributed by atoms with Crippen LogP contribution in [-0.4, -0.2) is 9.78 Å². The molecule has 1 aromatic carbocycles. The molecule has 0 unspecified atom stereocenters. The van der Waals surface area contributed by atoms with Crippen LogP contribution in [-0.2, 0) is 13.6 Å². The van der Waals surface area contributed by atoms with E-state index in [1.165, 1.54) is 0 Å². The molecule has 1 aromatic heterocycles. The van der Waals surface area contributed by atoms with Gasteiger partial charge < -0.3 is 11.1 Å². The summed E-state index contributed by atoms with van der Waals surface area (Å²) in [5.74, 6) is 0.683. The van der Waals surface area contributed by atoms with Crippen LogP contribution in [0.2, 0.25) is 5.02 Å². The van der Waals surface area contributed by atoms with Crippen molar-refractivity contribution in [3.05, 3.63) is 41.0 Å². The fourth-order valence-corrected chi connectivity index (χ4v) is 1.67. The average molecular weight is 237 g/mol. The lowest BCUT2D eigenvalue weighted by atomic mass is 10.2. The molecule has 0 saturated heterocycles. The predicted molar refractivity (Wildman–Crippen MR) is 66.4 cm³/mol. The minimum atomic E-state index is 0.612. The summed E-state index contributed by atoms with van der Waals surface area (Å²) in [7, 11) is 1.83. The van der Waals surface area contributed by atoms with Crippen LogP contribution in [0.25, 0.3) is 0 Å². The molecule has 0 bridgehead atoms. The Hall–Kier alpha value is -1.68. The molecular formula is C11H13ClN4. The van der Waals surface area contributed by atoms with Crippen LogP contribution in [0.15, 0.2) is 30.5 Å². The van der Waals surface area contributed by atoms with Crippen LogP contribution < -0.4 is 11.1 Å². The summed E-state index contributed by atoms with van der Waals surface area (Å²) in [5, 5.41) is 8.08. The first-order chi connectivity index (χ1) is 7.66. The maximum absolute atomic E-state index is 6.04. The van der Waals surface area contributed by atoms with Crippen LogP contribution in [0.5, 0.6) is 0 Å². The third kappa shape index (κ3) is 2.28. The fourth-order valence-electron chi connectivity index (χ4n) is 1.46. The van der Waals surface area contributed by atoms with Crippen molar-refractivity contribution in [2.75, 3.05) is 11.1 Å². The van der Waals surface area contributed by atoms with Gasteiger partial charge in [0.15, 0.2) is 5.82 Å². The Balaban J connectivity index is 2.08. The fraction of sp³-hybridized carbons (Fsp3) is 0.182. The molecule has 16 heavy (non-hydrogen) atoms. The molecule has 1 heterocycles. The van der Waals surface area contributed by atoms with E-state index in [1.54, 1.807) is 10.9 Å². The van der Waals surface area contributed by atoms with E-state index in [4.69, 9.17) is 17.3 Å². The molecular weight excluding hydrogens is 224 g/mol. The SMILES string of the molecule is Cn1cc(N)c(NCc2ccccc2Cl)n1. The number of nitrogens with one attached hydrogen (secondary N) is 1. The van der Waals surface area contributed by atoms with E-state index in [0.29, 0.717) is 18.1 Å². The van der Waals surface area contributed by atoms with Gasteiger partial charge >= 0.3 is 0 Å². The number of rotatable bonds is 3. The largest absolute Gasteiger partial charge is 0.394 e.